The first-order valence-corrected chi connectivity index (χ1v) is 6.93. The van der Waals surface area contributed by atoms with E-state index >= 15 is 0 Å². The molecule has 1 heterocycles. The minimum atomic E-state index is 0.548. The molecule has 0 N–H and O–H groups in total. The average molecular weight is 242 g/mol. The van der Waals surface area contributed by atoms with Crippen molar-refractivity contribution >= 4 is 0 Å². The molecule has 0 bridgehead atoms. The van der Waals surface area contributed by atoms with E-state index in [1.165, 1.54) is 37.9 Å². The molecule has 0 aromatic heterocycles. The lowest BCUT2D eigenvalue weighted by molar-refractivity contribution is 0.236. The molecule has 2 heteroatoms. The molecule has 1 fully saturated rings. The molecule has 1 saturated heterocycles. The van der Waals surface area contributed by atoms with E-state index in [0.29, 0.717) is 5.41 Å². The van der Waals surface area contributed by atoms with Crippen molar-refractivity contribution in [3.05, 3.63) is 35.4 Å². The van der Waals surface area contributed by atoms with Crippen molar-refractivity contribution in [2.24, 2.45) is 5.41 Å². The molecule has 1 aromatic carbocycles. The number of hydrogen-bond acceptors (Lipinski definition) is 2. The Kier molecular flexibility index (Phi) is 4.04. The molecule has 0 unspecified atom stereocenters. The van der Waals surface area contributed by atoms with Crippen LogP contribution in [-0.4, -0.2) is 18.0 Å². The number of hydrogen-bond donors (Lipinski definition) is 0. The third-order valence-electron chi connectivity index (χ3n) is 4.51. The summed E-state index contributed by atoms with van der Waals surface area (Å²) in [5.41, 5.74) is 2.61. The first-order chi connectivity index (χ1) is 8.71. The van der Waals surface area contributed by atoms with Gasteiger partial charge in [0, 0.05) is 13.1 Å². The van der Waals surface area contributed by atoms with Gasteiger partial charge in [0.25, 0.3) is 0 Å². The molecule has 1 aliphatic rings. The maximum Gasteiger partial charge on any atom is 0.0991 e. The summed E-state index contributed by atoms with van der Waals surface area (Å²) in [4.78, 5) is 2.55. The summed E-state index contributed by atoms with van der Waals surface area (Å²) in [6.07, 6.45) is 3.90. The van der Waals surface area contributed by atoms with Crippen LogP contribution in [0.15, 0.2) is 24.3 Å². The Morgan fingerprint density at radius 1 is 1.22 bits per heavy atom. The molecular formula is C16H22N2. The molecule has 1 aromatic rings. The van der Waals surface area contributed by atoms with E-state index in [9.17, 15) is 0 Å². The minimum absolute atomic E-state index is 0.548. The predicted octanol–water partition coefficient (Wildman–Crippen LogP) is 3.57. The van der Waals surface area contributed by atoms with Gasteiger partial charge in [0.15, 0.2) is 0 Å². The van der Waals surface area contributed by atoms with Gasteiger partial charge in [-0.2, -0.15) is 5.26 Å². The Balaban J connectivity index is 1.97. The highest BCUT2D eigenvalue weighted by Gasteiger charge is 2.34. The highest BCUT2D eigenvalue weighted by molar-refractivity contribution is 5.31. The van der Waals surface area contributed by atoms with E-state index in [4.69, 9.17) is 5.26 Å². The number of likely N-dealkylation sites (tertiary alicyclic amines) is 1. The third kappa shape index (κ3) is 2.73. The molecule has 1 aliphatic heterocycles. The summed E-state index contributed by atoms with van der Waals surface area (Å²) >= 11 is 0. The lowest BCUT2D eigenvalue weighted by Crippen LogP contribution is -2.26. The molecule has 0 amide bonds. The Morgan fingerprint density at radius 3 is 2.39 bits per heavy atom. The average Bonchev–Trinajstić information content (AvgIpc) is 2.84. The second-order valence-corrected chi connectivity index (χ2v) is 5.48. The first kappa shape index (κ1) is 13.1. The molecule has 2 nitrogen and oxygen atoms in total. The standard InChI is InChI=1S/C16H22N2/c1-3-16(4-2)9-10-18(13-16)12-15-7-5-14(11-17)6-8-15/h5-8H,3-4,9-10,12-13H2,1-2H3. The van der Waals surface area contributed by atoms with Gasteiger partial charge in [-0.25, -0.2) is 0 Å². The first-order valence-electron chi connectivity index (χ1n) is 6.93. The quantitative estimate of drug-likeness (QED) is 0.807. The smallest absolute Gasteiger partial charge is 0.0991 e. The van der Waals surface area contributed by atoms with Gasteiger partial charge in [0.2, 0.25) is 0 Å². The second kappa shape index (κ2) is 5.54. The van der Waals surface area contributed by atoms with Crippen molar-refractivity contribution in [3.8, 4) is 6.07 Å². The Labute approximate surface area is 110 Å². The van der Waals surface area contributed by atoms with Gasteiger partial charge < -0.3 is 0 Å². The maximum absolute atomic E-state index is 8.78. The van der Waals surface area contributed by atoms with Gasteiger partial charge in [-0.15, -0.1) is 0 Å². The molecule has 96 valence electrons. The Morgan fingerprint density at radius 2 is 1.89 bits per heavy atom. The van der Waals surface area contributed by atoms with E-state index in [0.717, 1.165) is 12.1 Å². The Bertz CT molecular complexity index is 423. The second-order valence-electron chi connectivity index (χ2n) is 5.48. The molecule has 0 spiro atoms. The van der Waals surface area contributed by atoms with Gasteiger partial charge in [-0.3, -0.25) is 4.90 Å². The summed E-state index contributed by atoms with van der Waals surface area (Å²) in [5, 5.41) is 8.78. The molecular weight excluding hydrogens is 220 g/mol. The van der Waals surface area contributed by atoms with Gasteiger partial charge in [-0.05, 0) is 48.9 Å². The zero-order valence-corrected chi connectivity index (χ0v) is 11.4. The highest BCUT2D eigenvalue weighted by atomic mass is 15.2. The van der Waals surface area contributed by atoms with Crippen LogP contribution in [0, 0.1) is 16.7 Å². The topological polar surface area (TPSA) is 27.0 Å². The monoisotopic (exact) mass is 242 g/mol. The van der Waals surface area contributed by atoms with Crippen LogP contribution in [0.3, 0.4) is 0 Å². The van der Waals surface area contributed by atoms with Crippen molar-refractivity contribution in [1.29, 1.82) is 5.26 Å². The van der Waals surface area contributed by atoms with Crippen LogP contribution in [0.25, 0.3) is 0 Å². The normalized spacial score (nSPS) is 18.7. The molecule has 18 heavy (non-hydrogen) atoms. The lowest BCUT2D eigenvalue weighted by atomic mass is 9.82. The number of nitrogens with zero attached hydrogens (tertiary/aromatic N) is 2. The summed E-state index contributed by atoms with van der Waals surface area (Å²) in [5.74, 6) is 0. The summed E-state index contributed by atoms with van der Waals surface area (Å²) in [6.45, 7) is 8.08. The zero-order chi connectivity index (χ0) is 13.0. The number of rotatable bonds is 4. The fraction of sp³-hybridized carbons (Fsp3) is 0.562. The molecule has 0 saturated carbocycles. The van der Waals surface area contributed by atoms with Crippen molar-refractivity contribution in [2.75, 3.05) is 13.1 Å². The molecule has 0 atom stereocenters. The zero-order valence-electron chi connectivity index (χ0n) is 11.4. The van der Waals surface area contributed by atoms with Gasteiger partial charge in [0.1, 0.15) is 0 Å². The van der Waals surface area contributed by atoms with Gasteiger partial charge in [0.05, 0.1) is 11.6 Å². The largest absolute Gasteiger partial charge is 0.299 e. The van der Waals surface area contributed by atoms with Crippen molar-refractivity contribution in [2.45, 2.75) is 39.7 Å². The van der Waals surface area contributed by atoms with E-state index in [1.807, 2.05) is 12.1 Å². The minimum Gasteiger partial charge on any atom is -0.299 e. The number of benzene rings is 1. The van der Waals surface area contributed by atoms with Crippen LogP contribution in [0.5, 0.6) is 0 Å². The summed E-state index contributed by atoms with van der Waals surface area (Å²) in [6, 6.07) is 10.2. The van der Waals surface area contributed by atoms with Crippen LogP contribution in [0.4, 0.5) is 0 Å². The van der Waals surface area contributed by atoms with E-state index in [2.05, 4.69) is 36.9 Å². The van der Waals surface area contributed by atoms with Gasteiger partial charge in [-0.1, -0.05) is 26.0 Å². The van der Waals surface area contributed by atoms with Crippen LogP contribution >= 0.6 is 0 Å². The van der Waals surface area contributed by atoms with Crippen LogP contribution in [0.1, 0.15) is 44.2 Å². The van der Waals surface area contributed by atoms with Crippen molar-refractivity contribution in [3.63, 3.8) is 0 Å². The van der Waals surface area contributed by atoms with Crippen molar-refractivity contribution < 1.29 is 0 Å². The SMILES string of the molecule is CCC1(CC)CCN(Cc2ccc(C#N)cc2)C1. The summed E-state index contributed by atoms with van der Waals surface area (Å²) in [7, 11) is 0. The fourth-order valence-electron chi connectivity index (χ4n) is 2.93. The fourth-order valence-corrected chi connectivity index (χ4v) is 2.93. The van der Waals surface area contributed by atoms with Crippen LogP contribution in [0.2, 0.25) is 0 Å². The molecule has 0 radical (unpaired) electrons. The highest BCUT2D eigenvalue weighted by Crippen LogP contribution is 2.37. The van der Waals surface area contributed by atoms with E-state index in [1.54, 1.807) is 0 Å². The summed E-state index contributed by atoms with van der Waals surface area (Å²) < 4.78 is 0. The lowest BCUT2D eigenvalue weighted by Gasteiger charge is -2.26. The van der Waals surface area contributed by atoms with Crippen LogP contribution in [-0.2, 0) is 6.54 Å². The van der Waals surface area contributed by atoms with E-state index < -0.39 is 0 Å². The molecule has 2 rings (SSSR count). The maximum atomic E-state index is 8.78. The van der Waals surface area contributed by atoms with Gasteiger partial charge >= 0.3 is 0 Å². The van der Waals surface area contributed by atoms with Crippen LogP contribution < -0.4 is 0 Å². The van der Waals surface area contributed by atoms with E-state index in [-0.39, 0.29) is 0 Å². The third-order valence-corrected chi connectivity index (χ3v) is 4.51. The Hall–Kier alpha value is -1.33. The molecule has 0 aliphatic carbocycles. The predicted molar refractivity (Wildman–Crippen MR) is 74.1 cm³/mol. The van der Waals surface area contributed by atoms with Crippen molar-refractivity contribution in [1.82, 2.24) is 4.90 Å². The number of nitriles is 1.